The van der Waals surface area contributed by atoms with Crippen LogP contribution in [-0.4, -0.2) is 39.4 Å². The molecular weight excluding hydrogens is 430 g/mol. The second-order valence-electron chi connectivity index (χ2n) is 6.56. The molecule has 30 heavy (non-hydrogen) atoms. The van der Waals surface area contributed by atoms with Crippen molar-refractivity contribution < 1.29 is 13.2 Å². The van der Waals surface area contributed by atoms with Crippen LogP contribution in [0.1, 0.15) is 29.5 Å². The summed E-state index contributed by atoms with van der Waals surface area (Å²) in [5, 5.41) is 1.91. The first-order valence-electron chi connectivity index (χ1n) is 9.08. The minimum atomic E-state index is -3.74. The van der Waals surface area contributed by atoms with Gasteiger partial charge >= 0.3 is 0 Å². The first kappa shape index (κ1) is 21.7. The van der Waals surface area contributed by atoms with E-state index < -0.39 is 26.5 Å². The van der Waals surface area contributed by atoms with Crippen molar-refractivity contribution in [2.75, 3.05) is 11.1 Å². The summed E-state index contributed by atoms with van der Waals surface area (Å²) in [5.41, 5.74) is 0.399. The maximum absolute atomic E-state index is 12.9. The van der Waals surface area contributed by atoms with Gasteiger partial charge in [-0.25, -0.2) is 23.1 Å². The number of rotatable bonds is 6. The van der Waals surface area contributed by atoms with Crippen LogP contribution in [0.15, 0.2) is 46.5 Å². The van der Waals surface area contributed by atoms with Crippen LogP contribution in [0.4, 0.5) is 5.69 Å². The van der Waals surface area contributed by atoms with E-state index in [4.69, 9.17) is 11.6 Å². The third-order valence-corrected chi connectivity index (χ3v) is 6.46. The zero-order chi connectivity index (χ0) is 22.1. The summed E-state index contributed by atoms with van der Waals surface area (Å²) in [5.74, 6) is -0.962. The maximum Gasteiger partial charge on any atom is 0.295 e. The smallest absolute Gasteiger partial charge is 0.295 e. The predicted molar refractivity (Wildman–Crippen MR) is 113 cm³/mol. The standard InChI is InChI=1S/C19H20ClN5O4S/c1-4-10-30(28,29)19-21-11-14(20)16(23-19)17(26)22-15-12(2)24(3)25(18(15)27)13-8-6-5-7-9-13/h5-9,11H,4,10H2,1-3H3,(H,22,26). The number of hydrogen-bond donors (Lipinski definition) is 1. The number of nitrogens with one attached hydrogen (secondary N) is 1. The number of carbonyl (C=O) groups excluding carboxylic acids is 1. The lowest BCUT2D eigenvalue weighted by molar-refractivity contribution is 0.102. The predicted octanol–water partition coefficient (Wildman–Crippen LogP) is 2.36. The first-order valence-corrected chi connectivity index (χ1v) is 11.1. The number of aromatic nitrogens is 4. The van der Waals surface area contributed by atoms with Gasteiger partial charge in [-0.1, -0.05) is 36.7 Å². The molecule has 158 valence electrons. The van der Waals surface area contributed by atoms with E-state index in [9.17, 15) is 18.0 Å². The fourth-order valence-electron chi connectivity index (χ4n) is 2.91. The Bertz CT molecular complexity index is 1270. The Kier molecular flexibility index (Phi) is 6.09. The Morgan fingerprint density at radius 3 is 2.53 bits per heavy atom. The highest BCUT2D eigenvalue weighted by Crippen LogP contribution is 2.19. The van der Waals surface area contributed by atoms with Gasteiger partial charge in [-0.05, 0) is 25.5 Å². The largest absolute Gasteiger partial charge is 0.314 e. The van der Waals surface area contributed by atoms with Gasteiger partial charge < -0.3 is 5.32 Å². The second-order valence-corrected chi connectivity index (χ2v) is 8.97. The van der Waals surface area contributed by atoms with Gasteiger partial charge in [-0.2, -0.15) is 0 Å². The molecule has 1 amide bonds. The molecule has 0 fully saturated rings. The summed E-state index contributed by atoms with van der Waals surface area (Å²) >= 11 is 6.03. The molecule has 2 heterocycles. The minimum Gasteiger partial charge on any atom is -0.314 e. The molecule has 3 rings (SSSR count). The molecule has 9 nitrogen and oxygen atoms in total. The van der Waals surface area contributed by atoms with Crippen LogP contribution < -0.4 is 10.9 Å². The van der Waals surface area contributed by atoms with Crippen molar-refractivity contribution in [2.24, 2.45) is 7.05 Å². The first-order chi connectivity index (χ1) is 14.2. The lowest BCUT2D eigenvalue weighted by Gasteiger charge is -2.07. The molecule has 0 bridgehead atoms. The van der Waals surface area contributed by atoms with E-state index in [1.165, 1.54) is 4.68 Å². The van der Waals surface area contributed by atoms with E-state index >= 15 is 0 Å². The van der Waals surface area contributed by atoms with Gasteiger partial charge in [0.15, 0.2) is 5.69 Å². The lowest BCUT2D eigenvalue weighted by atomic mass is 10.3. The molecule has 1 N–H and O–H groups in total. The summed E-state index contributed by atoms with van der Waals surface area (Å²) in [6.07, 6.45) is 1.43. The number of para-hydroxylation sites is 1. The Hall–Kier alpha value is -2.98. The minimum absolute atomic E-state index is 0.0407. The number of carbonyl (C=O) groups is 1. The Morgan fingerprint density at radius 2 is 1.90 bits per heavy atom. The highest BCUT2D eigenvalue weighted by Gasteiger charge is 2.24. The zero-order valence-electron chi connectivity index (χ0n) is 16.6. The average Bonchev–Trinajstić information content (AvgIpc) is 2.92. The van der Waals surface area contributed by atoms with E-state index in [0.717, 1.165) is 6.20 Å². The monoisotopic (exact) mass is 449 g/mol. The van der Waals surface area contributed by atoms with Crippen molar-refractivity contribution >= 4 is 33.0 Å². The van der Waals surface area contributed by atoms with Crippen LogP contribution in [0, 0.1) is 6.92 Å². The zero-order valence-corrected chi connectivity index (χ0v) is 18.2. The third-order valence-electron chi connectivity index (χ3n) is 4.48. The van der Waals surface area contributed by atoms with Gasteiger partial charge in [0.2, 0.25) is 15.0 Å². The molecule has 1 aromatic carbocycles. The van der Waals surface area contributed by atoms with Gasteiger partial charge in [0.25, 0.3) is 11.5 Å². The van der Waals surface area contributed by atoms with E-state index in [2.05, 4.69) is 15.3 Å². The van der Waals surface area contributed by atoms with Crippen LogP contribution in [0.5, 0.6) is 0 Å². The maximum atomic E-state index is 12.9. The number of anilines is 1. The number of halogens is 1. The van der Waals surface area contributed by atoms with E-state index in [1.807, 2.05) is 6.07 Å². The summed E-state index contributed by atoms with van der Waals surface area (Å²) in [6.45, 7) is 3.38. The molecule has 0 radical (unpaired) electrons. The van der Waals surface area contributed by atoms with Crippen molar-refractivity contribution in [3.8, 4) is 5.69 Å². The number of hydrogen-bond acceptors (Lipinski definition) is 6. The third kappa shape index (κ3) is 4.01. The van der Waals surface area contributed by atoms with Crippen LogP contribution in [-0.2, 0) is 16.9 Å². The van der Waals surface area contributed by atoms with Crippen molar-refractivity contribution in [1.82, 2.24) is 19.3 Å². The highest BCUT2D eigenvalue weighted by atomic mass is 35.5. The topological polar surface area (TPSA) is 116 Å². The van der Waals surface area contributed by atoms with Crippen LogP contribution >= 0.6 is 11.6 Å². The van der Waals surface area contributed by atoms with Gasteiger partial charge in [0.05, 0.1) is 28.4 Å². The van der Waals surface area contributed by atoms with Gasteiger partial charge in [-0.3, -0.25) is 14.3 Å². The van der Waals surface area contributed by atoms with Gasteiger partial charge in [-0.15, -0.1) is 0 Å². The molecule has 0 spiro atoms. The van der Waals surface area contributed by atoms with Crippen LogP contribution in [0.25, 0.3) is 5.69 Å². The summed E-state index contributed by atoms with van der Waals surface area (Å²) in [4.78, 5) is 33.3. The van der Waals surface area contributed by atoms with Gasteiger partial charge in [0, 0.05) is 7.05 Å². The molecule has 0 aliphatic carbocycles. The fourth-order valence-corrected chi connectivity index (χ4v) is 4.25. The van der Waals surface area contributed by atoms with Crippen molar-refractivity contribution in [2.45, 2.75) is 25.4 Å². The fraction of sp³-hybridized carbons (Fsp3) is 0.263. The molecule has 2 aromatic heterocycles. The summed E-state index contributed by atoms with van der Waals surface area (Å²) in [7, 11) is -2.05. The molecule has 3 aromatic rings. The molecule has 0 unspecified atom stereocenters. The van der Waals surface area contributed by atoms with E-state index in [0.29, 0.717) is 17.8 Å². The quantitative estimate of drug-likeness (QED) is 0.577. The number of sulfone groups is 1. The van der Waals surface area contributed by atoms with E-state index in [1.54, 1.807) is 49.8 Å². The summed E-state index contributed by atoms with van der Waals surface area (Å²) < 4.78 is 27.5. The molecule has 0 saturated heterocycles. The molecule has 0 aliphatic heterocycles. The van der Waals surface area contributed by atoms with E-state index in [-0.39, 0.29) is 22.2 Å². The second kappa shape index (κ2) is 8.41. The van der Waals surface area contributed by atoms with Crippen LogP contribution in [0.3, 0.4) is 0 Å². The summed E-state index contributed by atoms with van der Waals surface area (Å²) in [6, 6.07) is 8.94. The molecule has 0 atom stereocenters. The Labute approximate surface area is 178 Å². The normalized spacial score (nSPS) is 11.5. The van der Waals surface area contributed by atoms with Crippen molar-refractivity contribution in [1.29, 1.82) is 0 Å². The molecule has 0 aliphatic rings. The highest BCUT2D eigenvalue weighted by molar-refractivity contribution is 7.91. The Balaban J connectivity index is 2.01. The molecule has 0 saturated carbocycles. The molecule has 11 heteroatoms. The van der Waals surface area contributed by atoms with Crippen molar-refractivity contribution in [3.05, 3.63) is 63.3 Å². The van der Waals surface area contributed by atoms with Crippen LogP contribution in [0.2, 0.25) is 5.02 Å². The SMILES string of the molecule is CCCS(=O)(=O)c1ncc(Cl)c(C(=O)Nc2c(C)n(C)n(-c3ccccc3)c2=O)n1. The number of amides is 1. The lowest BCUT2D eigenvalue weighted by Crippen LogP contribution is -2.24. The Morgan fingerprint density at radius 1 is 1.23 bits per heavy atom. The van der Waals surface area contributed by atoms with Gasteiger partial charge in [0.1, 0.15) is 5.69 Å². The average molecular weight is 450 g/mol. The number of benzene rings is 1. The number of nitrogens with zero attached hydrogens (tertiary/aromatic N) is 4. The van der Waals surface area contributed by atoms with Crippen molar-refractivity contribution in [3.63, 3.8) is 0 Å². The molecular formula is C19H20ClN5O4S.